The number of benzene rings is 2. The predicted octanol–water partition coefficient (Wildman–Crippen LogP) is 5.91. The van der Waals surface area contributed by atoms with Crippen molar-refractivity contribution in [1.29, 1.82) is 0 Å². The summed E-state index contributed by atoms with van der Waals surface area (Å²) >= 11 is 3.38. The van der Waals surface area contributed by atoms with Crippen LogP contribution in [-0.2, 0) is 17.8 Å². The van der Waals surface area contributed by atoms with Crippen molar-refractivity contribution in [3.05, 3.63) is 82.0 Å². The van der Waals surface area contributed by atoms with Crippen LogP contribution in [0.25, 0.3) is 10.2 Å². The molecule has 4 rings (SSSR count). The summed E-state index contributed by atoms with van der Waals surface area (Å²) in [6.07, 6.45) is 2.17. The van der Waals surface area contributed by atoms with Gasteiger partial charge in [0.15, 0.2) is 0 Å². The molecule has 0 fully saturated rings. The molecule has 2 heterocycles. The van der Waals surface area contributed by atoms with Crippen molar-refractivity contribution in [3.63, 3.8) is 0 Å². The molecule has 3 nitrogen and oxygen atoms in total. The van der Waals surface area contributed by atoms with Gasteiger partial charge in [0.05, 0.1) is 21.8 Å². The van der Waals surface area contributed by atoms with E-state index in [0.29, 0.717) is 13.0 Å². The van der Waals surface area contributed by atoms with Gasteiger partial charge >= 0.3 is 0 Å². The first kappa shape index (κ1) is 17.9. The lowest BCUT2D eigenvalue weighted by molar-refractivity contribution is -0.118. The number of para-hydroxylation sites is 2. The number of aryl methyl sites for hydroxylation is 1. The number of anilines is 1. The minimum Gasteiger partial charge on any atom is -0.308 e. The lowest BCUT2D eigenvalue weighted by atomic mass is 10.2. The summed E-state index contributed by atoms with van der Waals surface area (Å²) in [5.74, 6) is 0.161. The second-order valence-corrected chi connectivity index (χ2v) is 8.27. The molecule has 0 spiro atoms. The van der Waals surface area contributed by atoms with E-state index in [1.165, 1.54) is 10.3 Å². The van der Waals surface area contributed by atoms with Crippen molar-refractivity contribution >= 4 is 44.5 Å². The van der Waals surface area contributed by atoms with Crippen LogP contribution in [0.3, 0.4) is 0 Å². The maximum Gasteiger partial charge on any atom is 0.227 e. The van der Waals surface area contributed by atoms with Crippen molar-refractivity contribution in [1.82, 2.24) is 4.98 Å². The van der Waals surface area contributed by atoms with Crippen LogP contribution in [0.5, 0.6) is 0 Å². The zero-order chi connectivity index (χ0) is 18.5. The van der Waals surface area contributed by atoms with Crippen molar-refractivity contribution < 1.29 is 4.79 Å². The average molecular weight is 393 g/mol. The van der Waals surface area contributed by atoms with E-state index in [9.17, 15) is 4.79 Å². The standard InChI is InChI=1S/C22H20N2OS2/c25-22(12-6-11-21-23-19-9-4-5-10-20(19)27-21)24(15-17-13-14-26-16-17)18-7-2-1-3-8-18/h1-5,7-10,13-14,16H,6,11-12,15H2. The SMILES string of the molecule is O=C(CCCc1nc2ccccc2s1)N(Cc1ccsc1)c1ccccc1. The highest BCUT2D eigenvalue weighted by Gasteiger charge is 2.16. The van der Waals surface area contributed by atoms with Gasteiger partial charge in [-0.05, 0) is 59.5 Å². The first-order valence-corrected chi connectivity index (χ1v) is 10.8. The molecule has 136 valence electrons. The van der Waals surface area contributed by atoms with Crippen LogP contribution >= 0.6 is 22.7 Å². The van der Waals surface area contributed by atoms with Gasteiger partial charge in [-0.1, -0.05) is 30.3 Å². The van der Waals surface area contributed by atoms with Gasteiger partial charge in [-0.2, -0.15) is 11.3 Å². The maximum atomic E-state index is 12.9. The van der Waals surface area contributed by atoms with Crippen molar-refractivity contribution in [2.24, 2.45) is 0 Å². The Hall–Kier alpha value is -2.50. The van der Waals surface area contributed by atoms with Crippen LogP contribution < -0.4 is 4.90 Å². The minimum absolute atomic E-state index is 0.161. The monoisotopic (exact) mass is 392 g/mol. The number of thiazole rings is 1. The number of fused-ring (bicyclic) bond motifs is 1. The zero-order valence-corrected chi connectivity index (χ0v) is 16.5. The molecule has 0 aliphatic heterocycles. The van der Waals surface area contributed by atoms with Gasteiger partial charge in [0.25, 0.3) is 0 Å². The molecule has 4 aromatic rings. The molecule has 0 bridgehead atoms. The van der Waals surface area contributed by atoms with Crippen molar-refractivity contribution in [3.8, 4) is 0 Å². The van der Waals surface area contributed by atoms with Crippen LogP contribution in [0, 0.1) is 0 Å². The molecular formula is C22H20N2OS2. The number of rotatable bonds is 7. The lowest BCUT2D eigenvalue weighted by Gasteiger charge is -2.22. The van der Waals surface area contributed by atoms with Gasteiger partial charge in [0, 0.05) is 12.1 Å². The molecule has 27 heavy (non-hydrogen) atoms. The fourth-order valence-corrected chi connectivity index (χ4v) is 4.72. The van der Waals surface area contributed by atoms with Gasteiger partial charge in [-0.25, -0.2) is 4.98 Å². The Morgan fingerprint density at radius 3 is 2.59 bits per heavy atom. The molecule has 0 aliphatic rings. The Bertz CT molecular complexity index is 976. The van der Waals surface area contributed by atoms with Gasteiger partial charge in [-0.3, -0.25) is 4.79 Å². The number of hydrogen-bond acceptors (Lipinski definition) is 4. The summed E-state index contributed by atoms with van der Waals surface area (Å²) in [5.41, 5.74) is 3.17. The number of carbonyl (C=O) groups excluding carboxylic acids is 1. The number of nitrogens with zero attached hydrogens (tertiary/aromatic N) is 2. The molecule has 1 amide bonds. The number of hydrogen-bond donors (Lipinski definition) is 0. The van der Waals surface area contributed by atoms with E-state index < -0.39 is 0 Å². The predicted molar refractivity (Wildman–Crippen MR) is 115 cm³/mol. The van der Waals surface area contributed by atoms with Gasteiger partial charge in [-0.15, -0.1) is 11.3 Å². The molecule has 0 aliphatic carbocycles. The van der Waals surface area contributed by atoms with E-state index in [4.69, 9.17) is 0 Å². The van der Waals surface area contributed by atoms with Crippen LogP contribution in [0.2, 0.25) is 0 Å². The van der Waals surface area contributed by atoms with E-state index in [-0.39, 0.29) is 5.91 Å². The van der Waals surface area contributed by atoms with Crippen LogP contribution in [-0.4, -0.2) is 10.9 Å². The highest BCUT2D eigenvalue weighted by atomic mass is 32.1. The normalized spacial score (nSPS) is 11.0. The molecule has 0 saturated heterocycles. The fourth-order valence-electron chi connectivity index (χ4n) is 3.05. The van der Waals surface area contributed by atoms with E-state index >= 15 is 0 Å². The molecular weight excluding hydrogens is 372 g/mol. The van der Waals surface area contributed by atoms with E-state index in [1.54, 1.807) is 22.7 Å². The first-order chi connectivity index (χ1) is 13.3. The highest BCUT2D eigenvalue weighted by Crippen LogP contribution is 2.24. The van der Waals surface area contributed by atoms with E-state index in [2.05, 4.69) is 27.9 Å². The quantitative estimate of drug-likeness (QED) is 0.391. The third-order valence-corrected chi connectivity index (χ3v) is 6.24. The molecule has 5 heteroatoms. The number of amides is 1. The Morgan fingerprint density at radius 2 is 1.81 bits per heavy atom. The Balaban J connectivity index is 1.41. The first-order valence-electron chi connectivity index (χ1n) is 9.00. The minimum atomic E-state index is 0.161. The number of thiophene rings is 1. The zero-order valence-electron chi connectivity index (χ0n) is 14.9. The van der Waals surface area contributed by atoms with Crippen molar-refractivity contribution in [2.75, 3.05) is 4.90 Å². The second-order valence-electron chi connectivity index (χ2n) is 6.38. The van der Waals surface area contributed by atoms with Crippen LogP contribution in [0.15, 0.2) is 71.4 Å². The van der Waals surface area contributed by atoms with E-state index in [1.807, 2.05) is 53.4 Å². The highest BCUT2D eigenvalue weighted by molar-refractivity contribution is 7.18. The lowest BCUT2D eigenvalue weighted by Crippen LogP contribution is -2.30. The third-order valence-electron chi connectivity index (χ3n) is 4.41. The Kier molecular flexibility index (Phi) is 5.61. The molecule has 0 atom stereocenters. The summed E-state index contributed by atoms with van der Waals surface area (Å²) in [6, 6.07) is 20.2. The summed E-state index contributed by atoms with van der Waals surface area (Å²) < 4.78 is 1.21. The summed E-state index contributed by atoms with van der Waals surface area (Å²) in [5, 5.41) is 5.26. The molecule has 0 radical (unpaired) electrons. The summed E-state index contributed by atoms with van der Waals surface area (Å²) in [6.45, 7) is 0.619. The smallest absolute Gasteiger partial charge is 0.227 e. The average Bonchev–Trinajstić information content (AvgIpc) is 3.36. The topological polar surface area (TPSA) is 33.2 Å². The molecule has 2 aromatic carbocycles. The van der Waals surface area contributed by atoms with E-state index in [0.717, 1.165) is 29.1 Å². The van der Waals surface area contributed by atoms with Crippen molar-refractivity contribution in [2.45, 2.75) is 25.8 Å². The number of aromatic nitrogens is 1. The maximum absolute atomic E-state index is 12.9. The molecule has 0 N–H and O–H groups in total. The van der Waals surface area contributed by atoms with Gasteiger partial charge < -0.3 is 4.90 Å². The molecule has 0 unspecified atom stereocenters. The fraction of sp³-hybridized carbons (Fsp3) is 0.182. The summed E-state index contributed by atoms with van der Waals surface area (Å²) in [4.78, 5) is 19.5. The van der Waals surface area contributed by atoms with Crippen LogP contribution in [0.4, 0.5) is 5.69 Å². The van der Waals surface area contributed by atoms with Gasteiger partial charge in [0.2, 0.25) is 5.91 Å². The third kappa shape index (κ3) is 4.43. The Morgan fingerprint density at radius 1 is 1.00 bits per heavy atom. The Labute approximate surface area is 166 Å². The molecule has 0 saturated carbocycles. The molecule has 2 aromatic heterocycles. The second kappa shape index (κ2) is 8.46. The largest absolute Gasteiger partial charge is 0.308 e. The number of carbonyl (C=O) groups is 1. The van der Waals surface area contributed by atoms with Crippen LogP contribution in [0.1, 0.15) is 23.4 Å². The summed E-state index contributed by atoms with van der Waals surface area (Å²) in [7, 11) is 0. The van der Waals surface area contributed by atoms with Gasteiger partial charge in [0.1, 0.15) is 0 Å².